The summed E-state index contributed by atoms with van der Waals surface area (Å²) in [4.78, 5) is 0. The summed E-state index contributed by atoms with van der Waals surface area (Å²) in [6.45, 7) is 0. The van der Waals surface area contributed by atoms with E-state index in [1.807, 2.05) is 0 Å². The van der Waals surface area contributed by atoms with Gasteiger partial charge in [-0.05, 0) is 10.8 Å². The largest absolute Gasteiger partial charge is 1.00 e. The molecule has 0 saturated heterocycles. The zero-order chi connectivity index (χ0) is 12.7. The van der Waals surface area contributed by atoms with Crippen molar-refractivity contribution in [2.45, 2.75) is 0 Å². The summed E-state index contributed by atoms with van der Waals surface area (Å²) in [5.41, 5.74) is 2.62. The van der Waals surface area contributed by atoms with E-state index in [-0.39, 0.29) is 50.7 Å². The standard InChI is InChI=1S/C19H13.2ClH.Hf/c1-2-8-16-13-17(12-15(16)7-1)19-11-5-9-14-6-3-4-10-18(14)19;;;/h1-13H;2*1H;/q-1;;;/p-2. The molecule has 0 radical (unpaired) electrons. The van der Waals surface area contributed by atoms with Crippen LogP contribution in [0.25, 0.3) is 32.7 Å². The molecule has 0 fully saturated rings. The minimum Gasteiger partial charge on any atom is -1.00 e. The van der Waals surface area contributed by atoms with Gasteiger partial charge in [0.2, 0.25) is 0 Å². The quantitative estimate of drug-likeness (QED) is 0.247. The first-order valence-corrected chi connectivity index (χ1v) is 6.55. The number of halogens is 2. The Morgan fingerprint density at radius 3 is 2.05 bits per heavy atom. The first-order valence-electron chi connectivity index (χ1n) is 6.55. The molecule has 0 aromatic heterocycles. The summed E-state index contributed by atoms with van der Waals surface area (Å²) < 4.78 is 0. The maximum atomic E-state index is 2.27. The van der Waals surface area contributed by atoms with Gasteiger partial charge < -0.3 is 24.8 Å². The first-order chi connectivity index (χ1) is 9.42. The van der Waals surface area contributed by atoms with Crippen LogP contribution >= 0.6 is 0 Å². The van der Waals surface area contributed by atoms with Crippen molar-refractivity contribution in [1.82, 2.24) is 0 Å². The zero-order valence-electron chi connectivity index (χ0n) is 11.8. The molecule has 0 aliphatic heterocycles. The number of rotatable bonds is 1. The molecule has 0 atom stereocenters. The molecule has 22 heavy (non-hydrogen) atoms. The van der Waals surface area contributed by atoms with E-state index in [1.165, 1.54) is 32.7 Å². The van der Waals surface area contributed by atoms with Gasteiger partial charge in [0.15, 0.2) is 0 Å². The maximum absolute atomic E-state index is 2.27. The summed E-state index contributed by atoms with van der Waals surface area (Å²) in [5, 5.41) is 5.24. The molecule has 0 saturated carbocycles. The Kier molecular flexibility index (Phi) is 6.93. The summed E-state index contributed by atoms with van der Waals surface area (Å²) >= 11 is 0. The van der Waals surface area contributed by atoms with Crippen LogP contribution in [0.4, 0.5) is 0 Å². The predicted octanol–water partition coefficient (Wildman–Crippen LogP) is -0.616. The molecular weight excluding hydrogens is 478 g/mol. The molecule has 0 aliphatic rings. The number of benzene rings is 3. The van der Waals surface area contributed by atoms with Gasteiger partial charge in [-0.15, -0.1) is 34.5 Å². The normalized spacial score (nSPS) is 9.64. The smallest absolute Gasteiger partial charge is 0 e. The van der Waals surface area contributed by atoms with E-state index in [2.05, 4.69) is 78.9 Å². The molecule has 0 amide bonds. The van der Waals surface area contributed by atoms with Crippen LogP contribution in [0.2, 0.25) is 0 Å². The fourth-order valence-electron chi connectivity index (χ4n) is 2.78. The van der Waals surface area contributed by atoms with E-state index >= 15 is 0 Å². The molecule has 4 aromatic rings. The minimum absolute atomic E-state index is 0. The molecule has 110 valence electrons. The van der Waals surface area contributed by atoms with Crippen LogP contribution in [-0.2, 0) is 25.8 Å². The third-order valence-electron chi connectivity index (χ3n) is 3.72. The van der Waals surface area contributed by atoms with E-state index in [1.54, 1.807) is 0 Å². The molecule has 0 spiro atoms. The van der Waals surface area contributed by atoms with Gasteiger partial charge >= 0.3 is 0 Å². The van der Waals surface area contributed by atoms with Crippen molar-refractivity contribution in [1.29, 1.82) is 0 Å². The fourth-order valence-corrected chi connectivity index (χ4v) is 2.78. The minimum atomic E-state index is 0. The van der Waals surface area contributed by atoms with E-state index < -0.39 is 0 Å². The van der Waals surface area contributed by atoms with Gasteiger partial charge in [-0.2, -0.15) is 0 Å². The van der Waals surface area contributed by atoms with Crippen molar-refractivity contribution in [3.05, 3.63) is 78.9 Å². The molecule has 4 aromatic carbocycles. The predicted molar refractivity (Wildman–Crippen MR) is 82.5 cm³/mol. The van der Waals surface area contributed by atoms with Gasteiger partial charge in [0.25, 0.3) is 0 Å². The third-order valence-corrected chi connectivity index (χ3v) is 3.72. The second-order valence-corrected chi connectivity index (χ2v) is 4.90. The molecule has 4 rings (SSSR count). The molecule has 0 bridgehead atoms. The van der Waals surface area contributed by atoms with Gasteiger partial charge in [0, 0.05) is 25.8 Å². The number of hydrogen-bond donors (Lipinski definition) is 0. The fraction of sp³-hybridized carbons (Fsp3) is 0. The topological polar surface area (TPSA) is 0 Å². The van der Waals surface area contributed by atoms with Gasteiger partial charge in [0.1, 0.15) is 0 Å². The van der Waals surface area contributed by atoms with Crippen molar-refractivity contribution in [2.75, 3.05) is 0 Å². The van der Waals surface area contributed by atoms with Crippen LogP contribution in [0.1, 0.15) is 0 Å². The van der Waals surface area contributed by atoms with Crippen molar-refractivity contribution < 1.29 is 50.7 Å². The second-order valence-electron chi connectivity index (χ2n) is 4.90. The van der Waals surface area contributed by atoms with Gasteiger partial charge in [-0.25, -0.2) is 0 Å². The summed E-state index contributed by atoms with van der Waals surface area (Å²) in [7, 11) is 0. The molecule has 0 unspecified atom stereocenters. The van der Waals surface area contributed by atoms with Crippen molar-refractivity contribution in [3.8, 4) is 11.1 Å². The molecule has 0 nitrogen and oxygen atoms in total. The van der Waals surface area contributed by atoms with Crippen LogP contribution in [-0.4, -0.2) is 0 Å². The Balaban J connectivity index is 0.000000807. The average molecular weight is 491 g/mol. The molecule has 0 heterocycles. The monoisotopic (exact) mass is 491 g/mol. The van der Waals surface area contributed by atoms with Crippen LogP contribution in [0, 0.1) is 0 Å². The van der Waals surface area contributed by atoms with Crippen molar-refractivity contribution in [3.63, 3.8) is 0 Å². The van der Waals surface area contributed by atoms with Gasteiger partial charge in [-0.3, -0.25) is 0 Å². The van der Waals surface area contributed by atoms with Gasteiger partial charge in [0.05, 0.1) is 0 Å². The molecule has 3 heteroatoms. The van der Waals surface area contributed by atoms with E-state index in [9.17, 15) is 0 Å². The summed E-state index contributed by atoms with van der Waals surface area (Å²) in [5.74, 6) is 0. The summed E-state index contributed by atoms with van der Waals surface area (Å²) in [6, 6.07) is 28.1. The van der Waals surface area contributed by atoms with Crippen molar-refractivity contribution in [2.24, 2.45) is 0 Å². The zero-order valence-corrected chi connectivity index (χ0v) is 16.9. The SMILES string of the molecule is [Cl-].[Cl-].[Hf].c1ccc2[cH-]c(-c3cccc4ccccc34)cc2c1. The van der Waals surface area contributed by atoms with E-state index in [0.29, 0.717) is 0 Å². The Hall–Kier alpha value is -1.02. The Labute approximate surface area is 161 Å². The van der Waals surface area contributed by atoms with Crippen molar-refractivity contribution >= 4 is 21.5 Å². The molecule has 0 N–H and O–H groups in total. The molecular formula is C19H13Cl2Hf-3. The number of hydrogen-bond acceptors (Lipinski definition) is 0. The first kappa shape index (κ1) is 19.0. The number of fused-ring (bicyclic) bond motifs is 2. The van der Waals surface area contributed by atoms with E-state index in [0.717, 1.165) is 0 Å². The Bertz CT molecular complexity index is 842. The van der Waals surface area contributed by atoms with E-state index in [4.69, 9.17) is 0 Å². The second kappa shape index (κ2) is 8.01. The van der Waals surface area contributed by atoms with Crippen LogP contribution in [0.5, 0.6) is 0 Å². The maximum Gasteiger partial charge on any atom is 0 e. The van der Waals surface area contributed by atoms with Crippen LogP contribution in [0.15, 0.2) is 78.9 Å². The van der Waals surface area contributed by atoms with Crippen LogP contribution in [0.3, 0.4) is 0 Å². The van der Waals surface area contributed by atoms with Crippen LogP contribution < -0.4 is 24.8 Å². The summed E-state index contributed by atoms with van der Waals surface area (Å²) in [6.07, 6.45) is 0. The Morgan fingerprint density at radius 1 is 0.636 bits per heavy atom. The molecule has 0 aliphatic carbocycles. The average Bonchev–Trinajstić information content (AvgIpc) is 2.90. The third kappa shape index (κ3) is 3.32. The Morgan fingerprint density at radius 2 is 1.27 bits per heavy atom. The van der Waals surface area contributed by atoms with Gasteiger partial charge in [-0.1, -0.05) is 66.2 Å².